The van der Waals surface area contributed by atoms with E-state index in [1.54, 1.807) is 6.20 Å². The Morgan fingerprint density at radius 1 is 1.47 bits per heavy atom. The summed E-state index contributed by atoms with van der Waals surface area (Å²) in [5, 5.41) is 3.56. The van der Waals surface area contributed by atoms with Gasteiger partial charge < -0.3 is 14.8 Å². The monoisotopic (exact) mass is 264 g/mol. The third-order valence-corrected chi connectivity index (χ3v) is 3.53. The van der Waals surface area contributed by atoms with Crippen LogP contribution < -0.4 is 10.1 Å². The first kappa shape index (κ1) is 14.3. The van der Waals surface area contributed by atoms with Crippen molar-refractivity contribution in [1.82, 2.24) is 10.3 Å². The van der Waals surface area contributed by atoms with Gasteiger partial charge in [0.25, 0.3) is 0 Å². The molecule has 19 heavy (non-hydrogen) atoms. The Hall–Kier alpha value is -1.13. The van der Waals surface area contributed by atoms with Crippen LogP contribution in [0, 0.1) is 5.92 Å². The summed E-state index contributed by atoms with van der Waals surface area (Å²) in [5.41, 5.74) is 1.19. The molecule has 106 valence electrons. The molecule has 3 atom stereocenters. The van der Waals surface area contributed by atoms with Crippen LogP contribution in [0.25, 0.3) is 0 Å². The predicted molar refractivity (Wildman–Crippen MR) is 75.3 cm³/mol. The lowest BCUT2D eigenvalue weighted by atomic mass is 9.92. The van der Waals surface area contributed by atoms with Gasteiger partial charge in [0.15, 0.2) is 0 Å². The molecule has 1 aliphatic heterocycles. The molecule has 1 saturated heterocycles. The van der Waals surface area contributed by atoms with Crippen molar-refractivity contribution in [2.45, 2.75) is 39.3 Å². The second-order valence-corrected chi connectivity index (χ2v) is 5.06. The first-order valence-electron chi connectivity index (χ1n) is 7.17. The molecule has 0 amide bonds. The second kappa shape index (κ2) is 6.87. The fourth-order valence-corrected chi connectivity index (χ4v) is 2.71. The summed E-state index contributed by atoms with van der Waals surface area (Å²) in [7, 11) is 0. The zero-order chi connectivity index (χ0) is 13.7. The van der Waals surface area contributed by atoms with E-state index in [9.17, 15) is 0 Å². The Morgan fingerprint density at radius 3 is 2.95 bits per heavy atom. The number of hydrogen-bond donors (Lipinski definition) is 1. The quantitative estimate of drug-likeness (QED) is 0.857. The van der Waals surface area contributed by atoms with Crippen LogP contribution in [-0.4, -0.2) is 30.8 Å². The van der Waals surface area contributed by atoms with Gasteiger partial charge in [-0.25, -0.2) is 0 Å². The van der Waals surface area contributed by atoms with Gasteiger partial charge in [-0.15, -0.1) is 0 Å². The predicted octanol–water partition coefficient (Wildman–Crippen LogP) is 2.56. The molecule has 4 nitrogen and oxygen atoms in total. The summed E-state index contributed by atoms with van der Waals surface area (Å²) in [4.78, 5) is 4.29. The molecule has 2 rings (SSSR count). The van der Waals surface area contributed by atoms with Gasteiger partial charge >= 0.3 is 0 Å². The second-order valence-electron chi connectivity index (χ2n) is 5.06. The molecular formula is C15H24N2O2. The average molecular weight is 264 g/mol. The Balaban J connectivity index is 2.15. The lowest BCUT2D eigenvalue weighted by Crippen LogP contribution is -2.28. The Bertz CT molecular complexity index is 397. The highest BCUT2D eigenvalue weighted by molar-refractivity contribution is 5.26. The maximum Gasteiger partial charge on any atom is 0.137 e. The summed E-state index contributed by atoms with van der Waals surface area (Å²) in [6.45, 7) is 8.68. The van der Waals surface area contributed by atoms with E-state index < -0.39 is 0 Å². The summed E-state index contributed by atoms with van der Waals surface area (Å²) >= 11 is 0. The molecule has 1 aliphatic rings. The summed E-state index contributed by atoms with van der Waals surface area (Å²) in [6, 6.07) is 2.38. The standard InChI is InChI=1S/C15H24N2O2/c1-4-17-15(13-6-11(3)19-10-13)12-7-14(18-5-2)9-16-8-12/h7-9,11,13,15,17H,4-6,10H2,1-3H3. The average Bonchev–Trinajstić information content (AvgIpc) is 2.83. The smallest absolute Gasteiger partial charge is 0.137 e. The van der Waals surface area contributed by atoms with Gasteiger partial charge in [0, 0.05) is 18.2 Å². The fourth-order valence-electron chi connectivity index (χ4n) is 2.71. The molecule has 0 radical (unpaired) electrons. The highest BCUT2D eigenvalue weighted by Gasteiger charge is 2.30. The third-order valence-electron chi connectivity index (χ3n) is 3.53. The molecular weight excluding hydrogens is 240 g/mol. The molecule has 0 spiro atoms. The van der Waals surface area contributed by atoms with Crippen LogP contribution in [0.15, 0.2) is 18.5 Å². The summed E-state index contributed by atoms with van der Waals surface area (Å²) in [6.07, 6.45) is 5.15. The zero-order valence-corrected chi connectivity index (χ0v) is 12.1. The van der Waals surface area contributed by atoms with E-state index in [0.717, 1.165) is 25.3 Å². The number of nitrogens with zero attached hydrogens (tertiary/aromatic N) is 1. The lowest BCUT2D eigenvalue weighted by Gasteiger charge is -2.24. The molecule has 2 heterocycles. The Morgan fingerprint density at radius 2 is 2.32 bits per heavy atom. The van der Waals surface area contributed by atoms with Gasteiger partial charge in [0.05, 0.1) is 25.5 Å². The van der Waals surface area contributed by atoms with Crippen LogP contribution >= 0.6 is 0 Å². The fraction of sp³-hybridized carbons (Fsp3) is 0.667. The van der Waals surface area contributed by atoms with Gasteiger partial charge in [-0.1, -0.05) is 6.92 Å². The zero-order valence-electron chi connectivity index (χ0n) is 12.1. The lowest BCUT2D eigenvalue weighted by molar-refractivity contribution is 0.117. The first-order chi connectivity index (χ1) is 9.24. The minimum atomic E-state index is 0.294. The molecule has 0 aromatic carbocycles. The van der Waals surface area contributed by atoms with E-state index in [0.29, 0.717) is 24.7 Å². The molecule has 1 aromatic heterocycles. The maximum atomic E-state index is 5.70. The van der Waals surface area contributed by atoms with Crippen molar-refractivity contribution in [3.05, 3.63) is 24.0 Å². The van der Waals surface area contributed by atoms with Crippen molar-refractivity contribution < 1.29 is 9.47 Å². The molecule has 0 saturated carbocycles. The Kier molecular flexibility index (Phi) is 5.16. The number of rotatable bonds is 6. The van der Waals surface area contributed by atoms with Crippen LogP contribution in [0.3, 0.4) is 0 Å². The third kappa shape index (κ3) is 3.67. The molecule has 1 aromatic rings. The van der Waals surface area contributed by atoms with Crippen molar-refractivity contribution in [3.8, 4) is 5.75 Å². The SMILES string of the molecule is CCNC(c1cncc(OCC)c1)C1COC(C)C1. The minimum absolute atomic E-state index is 0.294. The molecule has 0 bridgehead atoms. The van der Waals surface area contributed by atoms with E-state index in [1.165, 1.54) is 5.56 Å². The van der Waals surface area contributed by atoms with Gasteiger partial charge in [0.1, 0.15) is 5.75 Å². The molecule has 3 unspecified atom stereocenters. The van der Waals surface area contributed by atoms with Crippen LogP contribution in [0.4, 0.5) is 0 Å². The minimum Gasteiger partial charge on any atom is -0.492 e. The summed E-state index contributed by atoms with van der Waals surface area (Å²) < 4.78 is 11.2. The highest BCUT2D eigenvalue weighted by atomic mass is 16.5. The number of aromatic nitrogens is 1. The van der Waals surface area contributed by atoms with Gasteiger partial charge in [-0.2, -0.15) is 0 Å². The number of nitrogens with one attached hydrogen (secondary N) is 1. The maximum absolute atomic E-state index is 5.70. The van der Waals surface area contributed by atoms with E-state index in [4.69, 9.17) is 9.47 Å². The Labute approximate surface area is 115 Å². The number of ether oxygens (including phenoxy) is 2. The largest absolute Gasteiger partial charge is 0.492 e. The van der Waals surface area contributed by atoms with Crippen LogP contribution in [-0.2, 0) is 4.74 Å². The van der Waals surface area contributed by atoms with E-state index >= 15 is 0 Å². The molecule has 0 aliphatic carbocycles. The topological polar surface area (TPSA) is 43.4 Å². The van der Waals surface area contributed by atoms with E-state index in [1.807, 2.05) is 13.1 Å². The van der Waals surface area contributed by atoms with Crippen LogP contribution in [0.5, 0.6) is 5.75 Å². The highest BCUT2D eigenvalue weighted by Crippen LogP contribution is 2.32. The van der Waals surface area contributed by atoms with Crippen LogP contribution in [0.2, 0.25) is 0 Å². The van der Waals surface area contributed by atoms with Gasteiger partial charge in [-0.05, 0) is 38.4 Å². The van der Waals surface area contributed by atoms with Crippen LogP contribution in [0.1, 0.15) is 38.8 Å². The molecule has 1 N–H and O–H groups in total. The van der Waals surface area contributed by atoms with Gasteiger partial charge in [-0.3, -0.25) is 4.98 Å². The molecule has 4 heteroatoms. The van der Waals surface area contributed by atoms with E-state index in [-0.39, 0.29) is 0 Å². The number of pyridine rings is 1. The van der Waals surface area contributed by atoms with Crippen molar-refractivity contribution >= 4 is 0 Å². The summed E-state index contributed by atoms with van der Waals surface area (Å²) in [5.74, 6) is 1.35. The van der Waals surface area contributed by atoms with Crippen molar-refractivity contribution in [1.29, 1.82) is 0 Å². The number of hydrogen-bond acceptors (Lipinski definition) is 4. The van der Waals surface area contributed by atoms with Crippen molar-refractivity contribution in [2.75, 3.05) is 19.8 Å². The first-order valence-corrected chi connectivity index (χ1v) is 7.17. The normalized spacial score (nSPS) is 24.4. The van der Waals surface area contributed by atoms with Crippen molar-refractivity contribution in [2.24, 2.45) is 5.92 Å². The van der Waals surface area contributed by atoms with E-state index in [2.05, 4.69) is 30.2 Å². The van der Waals surface area contributed by atoms with Crippen molar-refractivity contribution in [3.63, 3.8) is 0 Å². The van der Waals surface area contributed by atoms with Gasteiger partial charge in [0.2, 0.25) is 0 Å². The molecule has 1 fully saturated rings.